The molecule has 0 radical (unpaired) electrons. The van der Waals surface area contributed by atoms with E-state index in [4.69, 9.17) is 16.3 Å². The molecule has 3 aromatic rings. The Hall–Kier alpha value is -3.42. The Morgan fingerprint density at radius 2 is 1.82 bits per heavy atom. The molecule has 2 aromatic heterocycles. The van der Waals surface area contributed by atoms with Crippen LogP contribution in [0.5, 0.6) is 0 Å². The number of benzene rings is 1. The SMILES string of the molecule is COC(O)[C@@H]1CC[C@@H](n2ncc(C(=O)N(CC(=O)c3c(C)cncc3Cl)Cc3cc(F)cc(F)c3)c2C(F)(F)F)CC1(C)C. The van der Waals surface area contributed by atoms with Crippen molar-refractivity contribution in [3.63, 3.8) is 0 Å². The molecule has 0 aliphatic heterocycles. The minimum absolute atomic E-state index is 0.00821. The predicted octanol–water partition coefficient (Wildman–Crippen LogP) is 6.39. The molecule has 1 aliphatic rings. The molecule has 1 amide bonds. The maximum atomic E-state index is 14.7. The minimum Gasteiger partial charge on any atom is -0.368 e. The van der Waals surface area contributed by atoms with E-state index < -0.39 is 71.6 Å². The molecule has 0 bridgehead atoms. The summed E-state index contributed by atoms with van der Waals surface area (Å²) in [5.74, 6) is -4.20. The molecule has 238 valence electrons. The van der Waals surface area contributed by atoms with E-state index in [1.54, 1.807) is 6.92 Å². The highest BCUT2D eigenvalue weighted by atomic mass is 35.5. The number of pyridine rings is 1. The number of aryl methyl sites for hydroxylation is 1. The fraction of sp³-hybridized carbons (Fsp3) is 0.467. The van der Waals surface area contributed by atoms with Gasteiger partial charge >= 0.3 is 6.18 Å². The Balaban J connectivity index is 1.74. The van der Waals surface area contributed by atoms with Crippen LogP contribution in [0.1, 0.15) is 76.7 Å². The molecule has 1 saturated carbocycles. The van der Waals surface area contributed by atoms with E-state index in [9.17, 15) is 36.6 Å². The number of aliphatic hydroxyl groups excluding tert-OH is 1. The smallest absolute Gasteiger partial charge is 0.368 e. The van der Waals surface area contributed by atoms with Crippen LogP contribution in [0.15, 0.2) is 36.8 Å². The molecular weight excluding hydrogens is 611 g/mol. The van der Waals surface area contributed by atoms with Crippen LogP contribution >= 0.6 is 11.6 Å². The van der Waals surface area contributed by atoms with Gasteiger partial charge in [0, 0.05) is 43.6 Å². The highest BCUT2D eigenvalue weighted by Crippen LogP contribution is 2.48. The molecule has 14 heteroatoms. The molecule has 4 rings (SSSR count). The maximum Gasteiger partial charge on any atom is 0.433 e. The van der Waals surface area contributed by atoms with Gasteiger partial charge in [-0.2, -0.15) is 18.3 Å². The summed E-state index contributed by atoms with van der Waals surface area (Å²) in [7, 11) is 1.35. The number of amides is 1. The van der Waals surface area contributed by atoms with Crippen molar-refractivity contribution in [1.82, 2.24) is 19.7 Å². The van der Waals surface area contributed by atoms with Gasteiger partial charge in [0.05, 0.1) is 29.4 Å². The molecule has 1 N–H and O–H groups in total. The fourth-order valence-electron chi connectivity index (χ4n) is 6.03. The second-order valence-corrected chi connectivity index (χ2v) is 12.1. The van der Waals surface area contributed by atoms with Gasteiger partial charge in [0.25, 0.3) is 5.91 Å². The van der Waals surface area contributed by atoms with Crippen molar-refractivity contribution in [3.8, 4) is 0 Å². The first-order valence-corrected chi connectivity index (χ1v) is 14.1. The van der Waals surface area contributed by atoms with Crippen molar-refractivity contribution >= 4 is 23.3 Å². The second kappa shape index (κ2) is 12.9. The third-order valence-corrected chi connectivity index (χ3v) is 8.37. The maximum absolute atomic E-state index is 14.7. The summed E-state index contributed by atoms with van der Waals surface area (Å²) in [4.78, 5) is 31.9. The number of alkyl halides is 3. The molecule has 1 unspecified atom stereocenters. The monoisotopic (exact) mass is 642 g/mol. The summed E-state index contributed by atoms with van der Waals surface area (Å²) < 4.78 is 77.8. The zero-order valence-electron chi connectivity index (χ0n) is 24.5. The summed E-state index contributed by atoms with van der Waals surface area (Å²) in [6.45, 7) is 3.83. The lowest BCUT2D eigenvalue weighted by Gasteiger charge is -2.44. The van der Waals surface area contributed by atoms with Crippen LogP contribution in [0.4, 0.5) is 22.0 Å². The summed E-state index contributed by atoms with van der Waals surface area (Å²) in [6.07, 6.45) is -2.00. The minimum atomic E-state index is -5.03. The Bertz CT molecular complexity index is 1500. The quantitative estimate of drug-likeness (QED) is 0.165. The number of Topliss-reactive ketones (excluding diaryl/α,β-unsaturated/α-hetero) is 1. The lowest BCUT2D eigenvalue weighted by Crippen LogP contribution is -2.41. The standard InChI is InChI=1S/C30H32ClF5N4O4/c1-16-11-37-13-23(31)25(16)24(41)15-39(14-17-7-18(32)9-19(33)8-17)27(42)21-12-38-40(26(21)30(34,35)36)20-5-6-22(28(43)44-4)29(2,3)10-20/h7-9,11-13,20,22,28,43H,5-6,10,14-15H2,1-4H3/t20-,22+,28?/m1/s1. The largest absolute Gasteiger partial charge is 0.433 e. The van der Waals surface area contributed by atoms with Gasteiger partial charge in [-0.15, -0.1) is 0 Å². The number of nitrogens with zero attached hydrogens (tertiary/aromatic N) is 4. The topological polar surface area (TPSA) is 97.5 Å². The zero-order chi connectivity index (χ0) is 32.6. The van der Waals surface area contributed by atoms with E-state index in [0.717, 1.165) is 27.9 Å². The zero-order valence-corrected chi connectivity index (χ0v) is 25.2. The summed E-state index contributed by atoms with van der Waals surface area (Å²) in [6, 6.07) is 1.67. The van der Waals surface area contributed by atoms with Crippen molar-refractivity contribution in [2.45, 2.75) is 65.1 Å². The third-order valence-electron chi connectivity index (χ3n) is 8.09. The van der Waals surface area contributed by atoms with Gasteiger partial charge in [-0.3, -0.25) is 19.3 Å². The number of ketones is 1. The van der Waals surface area contributed by atoms with E-state index in [0.29, 0.717) is 18.1 Å². The fourth-order valence-corrected chi connectivity index (χ4v) is 6.34. The van der Waals surface area contributed by atoms with Gasteiger partial charge in [-0.1, -0.05) is 25.4 Å². The van der Waals surface area contributed by atoms with Crippen molar-refractivity contribution < 1.29 is 41.4 Å². The average molecular weight is 643 g/mol. The number of carbonyl (C=O) groups excluding carboxylic acids is 2. The Labute approximate surface area is 255 Å². The lowest BCUT2D eigenvalue weighted by atomic mass is 9.66. The van der Waals surface area contributed by atoms with Gasteiger partial charge in [-0.25, -0.2) is 8.78 Å². The molecule has 8 nitrogen and oxygen atoms in total. The van der Waals surface area contributed by atoms with Gasteiger partial charge in [-0.05, 0) is 54.9 Å². The van der Waals surface area contributed by atoms with E-state index in [2.05, 4.69) is 10.1 Å². The lowest BCUT2D eigenvalue weighted by molar-refractivity contribution is -0.160. The van der Waals surface area contributed by atoms with E-state index >= 15 is 0 Å². The van der Waals surface area contributed by atoms with E-state index in [1.165, 1.54) is 19.5 Å². The Morgan fingerprint density at radius 3 is 2.39 bits per heavy atom. The van der Waals surface area contributed by atoms with Gasteiger partial charge in [0.15, 0.2) is 17.8 Å². The first kappa shape index (κ1) is 33.5. The van der Waals surface area contributed by atoms with Crippen molar-refractivity contribution in [3.05, 3.63) is 81.4 Å². The first-order chi connectivity index (χ1) is 20.5. The molecular formula is C30H32ClF5N4O4. The van der Waals surface area contributed by atoms with Crippen LogP contribution in [-0.4, -0.2) is 56.4 Å². The van der Waals surface area contributed by atoms with Crippen LogP contribution in [0, 0.1) is 29.9 Å². The molecule has 0 saturated heterocycles. The molecule has 1 aliphatic carbocycles. The molecule has 0 spiro atoms. The summed E-state index contributed by atoms with van der Waals surface area (Å²) in [5, 5.41) is 14.2. The van der Waals surface area contributed by atoms with Crippen LogP contribution in [-0.2, 0) is 17.5 Å². The number of halogens is 6. The molecule has 44 heavy (non-hydrogen) atoms. The molecule has 2 heterocycles. The Morgan fingerprint density at radius 1 is 1.16 bits per heavy atom. The number of carbonyl (C=O) groups is 2. The van der Waals surface area contributed by atoms with Crippen LogP contribution < -0.4 is 0 Å². The van der Waals surface area contributed by atoms with Crippen molar-refractivity contribution in [1.29, 1.82) is 0 Å². The summed E-state index contributed by atoms with van der Waals surface area (Å²) in [5.41, 5.74) is -2.48. The molecule has 3 atom stereocenters. The van der Waals surface area contributed by atoms with Gasteiger partial charge in [0.1, 0.15) is 11.6 Å². The van der Waals surface area contributed by atoms with Crippen LogP contribution in [0.2, 0.25) is 5.02 Å². The van der Waals surface area contributed by atoms with Gasteiger partial charge in [0.2, 0.25) is 0 Å². The van der Waals surface area contributed by atoms with Crippen molar-refractivity contribution in [2.24, 2.45) is 11.3 Å². The predicted molar refractivity (Wildman–Crippen MR) is 150 cm³/mol. The number of aromatic nitrogens is 3. The molecule has 1 fully saturated rings. The molecule has 1 aromatic carbocycles. The van der Waals surface area contributed by atoms with E-state index in [1.807, 2.05) is 13.8 Å². The van der Waals surface area contributed by atoms with Gasteiger partial charge < -0.3 is 14.7 Å². The van der Waals surface area contributed by atoms with E-state index in [-0.39, 0.29) is 34.9 Å². The average Bonchev–Trinajstić information content (AvgIpc) is 3.37. The first-order valence-electron chi connectivity index (χ1n) is 13.8. The highest BCUT2D eigenvalue weighted by Gasteiger charge is 2.46. The normalized spacial score (nSPS) is 19.1. The van der Waals surface area contributed by atoms with Crippen LogP contribution in [0.3, 0.4) is 0 Å². The number of aliphatic hydroxyl groups is 1. The number of hydrogen-bond donors (Lipinski definition) is 1. The number of ether oxygens (including phenoxy) is 1. The Kier molecular flexibility index (Phi) is 9.81. The van der Waals surface area contributed by atoms with Crippen molar-refractivity contribution in [2.75, 3.05) is 13.7 Å². The van der Waals surface area contributed by atoms with Crippen LogP contribution in [0.25, 0.3) is 0 Å². The highest BCUT2D eigenvalue weighted by molar-refractivity contribution is 6.34. The number of rotatable bonds is 9. The second-order valence-electron chi connectivity index (χ2n) is 11.7. The number of hydrogen-bond acceptors (Lipinski definition) is 6. The number of methoxy groups -OCH3 is 1. The summed E-state index contributed by atoms with van der Waals surface area (Å²) >= 11 is 6.17. The third kappa shape index (κ3) is 7.10.